The summed E-state index contributed by atoms with van der Waals surface area (Å²) in [4.78, 5) is 16.7. The molecule has 22 heavy (non-hydrogen) atoms. The molecule has 1 amide bonds. The van der Waals surface area contributed by atoms with Crippen LogP contribution in [-0.2, 0) is 9.53 Å². The lowest BCUT2D eigenvalue weighted by atomic mass is 10.0. The largest absolute Gasteiger partial charge is 0.378 e. The molecule has 2 N–H and O–H groups in total. The van der Waals surface area contributed by atoms with Crippen molar-refractivity contribution >= 4 is 5.91 Å². The van der Waals surface area contributed by atoms with Crippen molar-refractivity contribution in [1.82, 2.24) is 20.8 Å². The molecular weight excluding hydrogens is 284 g/mol. The molecule has 7 nitrogen and oxygen atoms in total. The van der Waals surface area contributed by atoms with Crippen molar-refractivity contribution < 1.29 is 14.1 Å². The van der Waals surface area contributed by atoms with Gasteiger partial charge in [-0.1, -0.05) is 19.0 Å². The molecule has 0 bridgehead atoms. The summed E-state index contributed by atoms with van der Waals surface area (Å²) in [6, 6.07) is -0.164. The van der Waals surface area contributed by atoms with Crippen LogP contribution in [0.3, 0.4) is 0 Å². The first-order chi connectivity index (χ1) is 10.6. The normalized spacial score (nSPS) is 23.5. The van der Waals surface area contributed by atoms with Crippen LogP contribution in [0.15, 0.2) is 4.52 Å². The molecule has 1 aromatic rings. The average Bonchev–Trinajstić information content (AvgIpc) is 3.24. The van der Waals surface area contributed by atoms with Crippen molar-refractivity contribution in [1.29, 1.82) is 0 Å². The van der Waals surface area contributed by atoms with E-state index >= 15 is 0 Å². The molecule has 2 fully saturated rings. The van der Waals surface area contributed by atoms with Gasteiger partial charge in [0.2, 0.25) is 11.8 Å². The number of ether oxygens (including phenoxy) is 1. The van der Waals surface area contributed by atoms with E-state index in [-0.39, 0.29) is 23.9 Å². The van der Waals surface area contributed by atoms with Crippen molar-refractivity contribution in [2.75, 3.05) is 19.8 Å². The Labute approximate surface area is 130 Å². The van der Waals surface area contributed by atoms with Gasteiger partial charge in [-0.2, -0.15) is 4.98 Å². The Morgan fingerprint density at radius 2 is 2.27 bits per heavy atom. The van der Waals surface area contributed by atoms with Gasteiger partial charge in [-0.05, 0) is 18.8 Å². The molecule has 0 spiro atoms. The number of rotatable bonds is 6. The molecule has 1 aromatic heterocycles. The van der Waals surface area contributed by atoms with Crippen molar-refractivity contribution in [3.05, 3.63) is 11.7 Å². The van der Waals surface area contributed by atoms with E-state index in [1.165, 1.54) is 0 Å². The number of morpholine rings is 1. The van der Waals surface area contributed by atoms with E-state index in [0.29, 0.717) is 31.4 Å². The second-order valence-corrected chi connectivity index (χ2v) is 6.48. The first-order valence-corrected chi connectivity index (χ1v) is 8.07. The Bertz CT molecular complexity index is 507. The lowest BCUT2D eigenvalue weighted by Crippen LogP contribution is -2.45. The molecule has 1 saturated carbocycles. The standard InChI is InChI=1S/C15H24N4O3/c1-9(2)13(15-18-14(19-22-15)10-3-4-10)17-12(20)7-11-8-21-6-5-16-11/h9-11,13,16H,3-8H2,1-2H3,(H,17,20). The fourth-order valence-electron chi connectivity index (χ4n) is 2.60. The monoisotopic (exact) mass is 308 g/mol. The second kappa shape index (κ2) is 6.75. The summed E-state index contributed by atoms with van der Waals surface area (Å²) in [7, 11) is 0. The van der Waals surface area contributed by atoms with Crippen molar-refractivity contribution in [2.45, 2.75) is 51.1 Å². The molecule has 7 heteroatoms. The van der Waals surface area contributed by atoms with Gasteiger partial charge in [0.1, 0.15) is 6.04 Å². The molecule has 0 aromatic carbocycles. The molecule has 2 atom stereocenters. The highest BCUT2D eigenvalue weighted by atomic mass is 16.5. The van der Waals surface area contributed by atoms with Crippen LogP contribution in [0.25, 0.3) is 0 Å². The highest BCUT2D eigenvalue weighted by Crippen LogP contribution is 2.38. The van der Waals surface area contributed by atoms with E-state index in [0.717, 1.165) is 25.2 Å². The zero-order chi connectivity index (χ0) is 15.5. The van der Waals surface area contributed by atoms with Gasteiger partial charge >= 0.3 is 0 Å². The Hall–Kier alpha value is -1.47. The topological polar surface area (TPSA) is 89.3 Å². The molecule has 1 aliphatic carbocycles. The van der Waals surface area contributed by atoms with Crippen molar-refractivity contribution in [3.63, 3.8) is 0 Å². The summed E-state index contributed by atoms with van der Waals surface area (Å²) in [6.07, 6.45) is 2.66. The molecule has 2 aliphatic rings. The van der Waals surface area contributed by atoms with E-state index < -0.39 is 0 Å². The number of aromatic nitrogens is 2. The zero-order valence-corrected chi connectivity index (χ0v) is 13.2. The molecule has 122 valence electrons. The highest BCUT2D eigenvalue weighted by molar-refractivity contribution is 5.77. The third-order valence-corrected chi connectivity index (χ3v) is 4.08. The molecule has 3 rings (SSSR count). The third-order valence-electron chi connectivity index (χ3n) is 4.08. The quantitative estimate of drug-likeness (QED) is 0.819. The maximum Gasteiger partial charge on any atom is 0.249 e. The molecule has 0 radical (unpaired) electrons. The molecule has 2 unspecified atom stereocenters. The fourth-order valence-corrected chi connectivity index (χ4v) is 2.60. The molecule has 1 aliphatic heterocycles. The predicted molar refractivity (Wildman–Crippen MR) is 79.2 cm³/mol. The number of nitrogens with one attached hydrogen (secondary N) is 2. The van der Waals surface area contributed by atoms with Crippen LogP contribution in [0.5, 0.6) is 0 Å². The van der Waals surface area contributed by atoms with Gasteiger partial charge in [-0.15, -0.1) is 0 Å². The van der Waals surface area contributed by atoms with Crippen LogP contribution >= 0.6 is 0 Å². The van der Waals surface area contributed by atoms with Crippen molar-refractivity contribution in [2.24, 2.45) is 5.92 Å². The van der Waals surface area contributed by atoms with Crippen LogP contribution < -0.4 is 10.6 Å². The van der Waals surface area contributed by atoms with Gasteiger partial charge in [-0.3, -0.25) is 4.79 Å². The lowest BCUT2D eigenvalue weighted by molar-refractivity contribution is -0.123. The maximum absolute atomic E-state index is 12.3. The van der Waals surface area contributed by atoms with Crippen LogP contribution in [0.1, 0.15) is 56.8 Å². The average molecular weight is 308 g/mol. The van der Waals surface area contributed by atoms with E-state index in [1.807, 2.05) is 13.8 Å². The van der Waals surface area contributed by atoms with E-state index in [9.17, 15) is 4.79 Å². The maximum atomic E-state index is 12.3. The van der Waals surface area contributed by atoms with Gasteiger partial charge < -0.3 is 19.9 Å². The zero-order valence-electron chi connectivity index (χ0n) is 13.2. The number of carbonyl (C=O) groups excluding carboxylic acids is 1. The predicted octanol–water partition coefficient (Wildman–Crippen LogP) is 1.14. The first kappa shape index (κ1) is 15.4. The number of carbonyl (C=O) groups is 1. The second-order valence-electron chi connectivity index (χ2n) is 6.48. The van der Waals surface area contributed by atoms with Gasteiger partial charge in [0.15, 0.2) is 5.82 Å². The molecule has 1 saturated heterocycles. The minimum absolute atomic E-state index is 0.0205. The van der Waals surface area contributed by atoms with E-state index in [4.69, 9.17) is 9.26 Å². The van der Waals surface area contributed by atoms with E-state index in [1.54, 1.807) is 0 Å². The minimum Gasteiger partial charge on any atom is -0.378 e. The molecular formula is C15H24N4O3. The smallest absolute Gasteiger partial charge is 0.249 e. The number of amides is 1. The molecule has 2 heterocycles. The van der Waals surface area contributed by atoms with Crippen LogP contribution in [-0.4, -0.2) is 41.8 Å². The third kappa shape index (κ3) is 3.84. The Morgan fingerprint density at radius 1 is 1.45 bits per heavy atom. The Balaban J connectivity index is 1.59. The summed E-state index contributed by atoms with van der Waals surface area (Å²) in [6.45, 7) is 6.15. The highest BCUT2D eigenvalue weighted by Gasteiger charge is 2.32. The van der Waals surface area contributed by atoms with Gasteiger partial charge in [0.05, 0.1) is 13.2 Å². The summed E-state index contributed by atoms with van der Waals surface area (Å²) < 4.78 is 10.7. The van der Waals surface area contributed by atoms with Crippen LogP contribution in [0.4, 0.5) is 0 Å². The lowest BCUT2D eigenvalue weighted by Gasteiger charge is -2.25. The van der Waals surface area contributed by atoms with E-state index in [2.05, 4.69) is 20.8 Å². The summed E-state index contributed by atoms with van der Waals surface area (Å²) in [5, 5.41) is 10.3. The first-order valence-electron chi connectivity index (χ1n) is 8.07. The van der Waals surface area contributed by atoms with Gasteiger partial charge in [0, 0.05) is 24.9 Å². The van der Waals surface area contributed by atoms with Crippen molar-refractivity contribution in [3.8, 4) is 0 Å². The number of hydrogen-bond acceptors (Lipinski definition) is 6. The summed E-state index contributed by atoms with van der Waals surface area (Å²) >= 11 is 0. The fraction of sp³-hybridized carbons (Fsp3) is 0.800. The van der Waals surface area contributed by atoms with Gasteiger partial charge in [0.25, 0.3) is 0 Å². The van der Waals surface area contributed by atoms with Crippen LogP contribution in [0, 0.1) is 5.92 Å². The number of nitrogens with zero attached hydrogens (tertiary/aromatic N) is 2. The van der Waals surface area contributed by atoms with Crippen LogP contribution in [0.2, 0.25) is 0 Å². The Kier molecular flexibility index (Phi) is 4.73. The minimum atomic E-state index is -0.239. The summed E-state index contributed by atoms with van der Waals surface area (Å²) in [5.74, 6) is 1.90. The summed E-state index contributed by atoms with van der Waals surface area (Å²) in [5.41, 5.74) is 0. The number of hydrogen-bond donors (Lipinski definition) is 2. The Morgan fingerprint density at radius 3 is 2.91 bits per heavy atom. The van der Waals surface area contributed by atoms with Gasteiger partial charge in [-0.25, -0.2) is 0 Å². The SMILES string of the molecule is CC(C)C(NC(=O)CC1COCCN1)c1nc(C2CC2)no1.